The van der Waals surface area contributed by atoms with Gasteiger partial charge in [0, 0.05) is 19.3 Å². The molecule has 0 aliphatic rings. The highest BCUT2D eigenvalue weighted by molar-refractivity contribution is 5.71. The van der Waals surface area contributed by atoms with Gasteiger partial charge in [0.05, 0.1) is 0 Å². The number of carbonyl (C=O) groups excluding carboxylic acids is 3. The van der Waals surface area contributed by atoms with Gasteiger partial charge in [-0.2, -0.15) is 0 Å². The summed E-state index contributed by atoms with van der Waals surface area (Å²) < 4.78 is 17.0. The zero-order valence-corrected chi connectivity index (χ0v) is 56.0. The molecule has 0 aromatic heterocycles. The normalized spacial score (nSPS) is 12.3. The SMILES string of the molecule is CCCCC/C=C\C/C=C\C/C=C\CCCCCCCCC(=O)OCC(COC(=O)CCCCCCCCCCCCCCCCCCCCCCCCCCC)OC(=O)CCCCCCCCCCC/C=C\CCCCCCCCCC. The Morgan fingerprint density at radius 3 is 0.711 bits per heavy atom. The van der Waals surface area contributed by atoms with Gasteiger partial charge in [-0.05, 0) is 83.5 Å². The van der Waals surface area contributed by atoms with E-state index in [-0.39, 0.29) is 31.1 Å². The molecule has 0 saturated heterocycles. The summed E-state index contributed by atoms with van der Waals surface area (Å²) >= 11 is 0. The molecule has 6 heteroatoms. The van der Waals surface area contributed by atoms with Crippen LogP contribution < -0.4 is 0 Å². The van der Waals surface area contributed by atoms with Crippen LogP contribution in [0, 0.1) is 0 Å². The number of esters is 3. The van der Waals surface area contributed by atoms with Crippen LogP contribution in [0.3, 0.4) is 0 Å². The number of rotatable bonds is 69. The summed E-state index contributed by atoms with van der Waals surface area (Å²) in [6.45, 7) is 6.68. The molecule has 6 nitrogen and oxygen atoms in total. The van der Waals surface area contributed by atoms with E-state index in [1.54, 1.807) is 0 Å². The van der Waals surface area contributed by atoms with Crippen LogP contribution in [0.1, 0.15) is 406 Å². The van der Waals surface area contributed by atoms with Gasteiger partial charge in [0.25, 0.3) is 0 Å². The van der Waals surface area contributed by atoms with Gasteiger partial charge < -0.3 is 14.2 Å². The molecule has 83 heavy (non-hydrogen) atoms. The first kappa shape index (κ1) is 80.4. The van der Waals surface area contributed by atoms with Crippen molar-refractivity contribution in [2.45, 2.75) is 412 Å². The Bertz CT molecular complexity index is 1430. The number of hydrogen-bond acceptors (Lipinski definition) is 6. The van der Waals surface area contributed by atoms with Crippen LogP contribution in [0.5, 0.6) is 0 Å². The minimum Gasteiger partial charge on any atom is -0.462 e. The minimum absolute atomic E-state index is 0.0738. The molecule has 0 radical (unpaired) electrons. The predicted octanol–water partition coefficient (Wildman–Crippen LogP) is 25.7. The summed E-state index contributed by atoms with van der Waals surface area (Å²) in [5.74, 6) is -0.859. The average Bonchev–Trinajstić information content (AvgIpc) is 3.49. The molecule has 0 aromatic carbocycles. The smallest absolute Gasteiger partial charge is 0.306 e. The molecule has 0 saturated carbocycles. The first-order valence-electron chi connectivity index (χ1n) is 37.1. The Kier molecular flexibility index (Phi) is 69.6. The number of allylic oxidation sites excluding steroid dienone is 8. The van der Waals surface area contributed by atoms with Crippen molar-refractivity contribution in [1.29, 1.82) is 0 Å². The van der Waals surface area contributed by atoms with Crippen LogP contribution in [0.4, 0.5) is 0 Å². The van der Waals surface area contributed by atoms with Gasteiger partial charge in [-0.15, -0.1) is 0 Å². The summed E-state index contributed by atoms with van der Waals surface area (Å²) in [6.07, 6.45) is 91.4. The Hall–Kier alpha value is -2.63. The van der Waals surface area contributed by atoms with Gasteiger partial charge in [-0.3, -0.25) is 14.4 Å². The molecule has 486 valence electrons. The molecule has 1 atom stereocenters. The van der Waals surface area contributed by atoms with Crippen LogP contribution in [0.2, 0.25) is 0 Å². The van der Waals surface area contributed by atoms with Crippen molar-refractivity contribution < 1.29 is 28.6 Å². The summed E-state index contributed by atoms with van der Waals surface area (Å²) in [4.78, 5) is 38.5. The maximum absolute atomic E-state index is 13.0. The molecule has 0 bridgehead atoms. The monoisotopic (exact) mass is 1160 g/mol. The summed E-state index contributed by atoms with van der Waals surface area (Å²) in [5.41, 5.74) is 0. The van der Waals surface area contributed by atoms with Gasteiger partial charge in [-0.25, -0.2) is 0 Å². The van der Waals surface area contributed by atoms with Gasteiger partial charge >= 0.3 is 17.9 Å². The van der Waals surface area contributed by atoms with Crippen molar-refractivity contribution in [3.05, 3.63) is 48.6 Å². The van der Waals surface area contributed by atoms with Crippen molar-refractivity contribution in [2.75, 3.05) is 13.2 Å². The van der Waals surface area contributed by atoms with Crippen LogP contribution in [0.15, 0.2) is 48.6 Å². The van der Waals surface area contributed by atoms with Crippen LogP contribution >= 0.6 is 0 Å². The van der Waals surface area contributed by atoms with E-state index in [9.17, 15) is 14.4 Å². The van der Waals surface area contributed by atoms with E-state index >= 15 is 0 Å². The van der Waals surface area contributed by atoms with Gasteiger partial charge in [0.15, 0.2) is 6.10 Å². The lowest BCUT2D eigenvalue weighted by Gasteiger charge is -2.18. The van der Waals surface area contributed by atoms with Gasteiger partial charge in [0.2, 0.25) is 0 Å². The van der Waals surface area contributed by atoms with E-state index in [0.29, 0.717) is 19.3 Å². The molecule has 0 spiro atoms. The molecule has 0 rings (SSSR count). The highest BCUT2D eigenvalue weighted by Gasteiger charge is 2.19. The molecule has 0 aliphatic heterocycles. The third-order valence-electron chi connectivity index (χ3n) is 16.8. The highest BCUT2D eigenvalue weighted by Crippen LogP contribution is 2.19. The van der Waals surface area contributed by atoms with E-state index in [1.807, 2.05) is 0 Å². The molecule has 0 N–H and O–H groups in total. The molecular weight excluding hydrogens is 1020 g/mol. The maximum Gasteiger partial charge on any atom is 0.306 e. The number of carbonyl (C=O) groups is 3. The van der Waals surface area contributed by atoms with Crippen LogP contribution in [-0.4, -0.2) is 37.2 Å². The lowest BCUT2D eigenvalue weighted by atomic mass is 10.0. The third kappa shape index (κ3) is 70.0. The first-order chi connectivity index (χ1) is 41.0. The van der Waals surface area contributed by atoms with E-state index in [2.05, 4.69) is 69.4 Å². The minimum atomic E-state index is -0.780. The van der Waals surface area contributed by atoms with Crippen molar-refractivity contribution in [1.82, 2.24) is 0 Å². The zero-order valence-electron chi connectivity index (χ0n) is 56.0. The fourth-order valence-corrected chi connectivity index (χ4v) is 11.2. The second-order valence-electron chi connectivity index (χ2n) is 25.2. The molecule has 0 heterocycles. The molecule has 0 fully saturated rings. The molecule has 0 aromatic rings. The molecule has 1 unspecified atom stereocenters. The highest BCUT2D eigenvalue weighted by atomic mass is 16.6. The second kappa shape index (κ2) is 71.8. The summed E-state index contributed by atoms with van der Waals surface area (Å²) in [6, 6.07) is 0. The topological polar surface area (TPSA) is 78.9 Å². The van der Waals surface area contributed by atoms with E-state index in [4.69, 9.17) is 14.2 Å². The standard InChI is InChI=1S/C77H142O6/c1-4-7-10-13-16-19-22-25-28-31-34-36-37-38-39-41-43-46-49-52-55-58-61-64-67-70-76(79)82-73-74(72-81-75(78)69-66-63-60-57-54-51-48-45-42-33-30-27-24-21-18-15-12-9-6-3)83-77(80)71-68-65-62-59-56-53-50-47-44-40-35-32-29-26-23-20-17-14-11-8-5-2/h18,21,27,30,32,35,42,45,74H,4-17,19-20,22-26,28-29,31,33-34,36-41,43-44,46-73H2,1-3H3/b21-18-,30-27-,35-32-,45-42-. The lowest BCUT2D eigenvalue weighted by Crippen LogP contribution is -2.30. The average molecular weight is 1160 g/mol. The summed E-state index contributed by atoms with van der Waals surface area (Å²) in [5, 5.41) is 0. The number of unbranched alkanes of at least 4 members (excludes halogenated alkanes) is 50. The Labute approximate surface area is 518 Å². The number of ether oxygens (including phenoxy) is 3. The second-order valence-corrected chi connectivity index (χ2v) is 25.2. The zero-order chi connectivity index (χ0) is 59.9. The van der Waals surface area contributed by atoms with Crippen molar-refractivity contribution in [2.24, 2.45) is 0 Å². The first-order valence-corrected chi connectivity index (χ1v) is 37.1. The predicted molar refractivity (Wildman–Crippen MR) is 362 cm³/mol. The van der Waals surface area contributed by atoms with E-state index in [0.717, 1.165) is 77.0 Å². The van der Waals surface area contributed by atoms with Gasteiger partial charge in [-0.1, -0.05) is 352 Å². The Morgan fingerprint density at radius 2 is 0.434 bits per heavy atom. The Balaban J connectivity index is 4.32. The largest absolute Gasteiger partial charge is 0.462 e. The Morgan fingerprint density at radius 1 is 0.241 bits per heavy atom. The van der Waals surface area contributed by atoms with Gasteiger partial charge in [0.1, 0.15) is 13.2 Å². The molecular formula is C77H142O6. The molecule has 0 aliphatic carbocycles. The molecule has 0 amide bonds. The maximum atomic E-state index is 13.0. The van der Waals surface area contributed by atoms with Crippen molar-refractivity contribution in [3.8, 4) is 0 Å². The fourth-order valence-electron chi connectivity index (χ4n) is 11.2. The van der Waals surface area contributed by atoms with Crippen molar-refractivity contribution >= 4 is 17.9 Å². The summed E-state index contributed by atoms with van der Waals surface area (Å²) in [7, 11) is 0. The quantitative estimate of drug-likeness (QED) is 0.0261. The van der Waals surface area contributed by atoms with Crippen molar-refractivity contribution in [3.63, 3.8) is 0 Å². The van der Waals surface area contributed by atoms with Crippen LogP contribution in [0.25, 0.3) is 0 Å². The third-order valence-corrected chi connectivity index (χ3v) is 16.8. The van der Waals surface area contributed by atoms with Crippen LogP contribution in [-0.2, 0) is 28.6 Å². The lowest BCUT2D eigenvalue weighted by molar-refractivity contribution is -0.167. The number of hydrogen-bond donors (Lipinski definition) is 0. The van der Waals surface area contributed by atoms with E-state index < -0.39 is 6.10 Å². The van der Waals surface area contributed by atoms with E-state index in [1.165, 1.54) is 289 Å². The fraction of sp³-hybridized carbons (Fsp3) is 0.857.